The van der Waals surface area contributed by atoms with Crippen LogP contribution in [-0.4, -0.2) is 170 Å². The monoisotopic (exact) mass is 909 g/mol. The molecule has 11 atom stereocenters. The molecule has 21 heteroatoms. The van der Waals surface area contributed by atoms with E-state index in [1.54, 1.807) is 13.2 Å². The van der Waals surface area contributed by atoms with Crippen molar-refractivity contribution in [2.45, 2.75) is 106 Å². The highest BCUT2D eigenvalue weighted by atomic mass is 32.2. The van der Waals surface area contributed by atoms with E-state index in [1.165, 1.54) is 44.2 Å². The van der Waals surface area contributed by atoms with Gasteiger partial charge in [0, 0.05) is 74.4 Å². The summed E-state index contributed by atoms with van der Waals surface area (Å²) >= 11 is 1.23. The van der Waals surface area contributed by atoms with Gasteiger partial charge in [-0.2, -0.15) is 11.8 Å². The van der Waals surface area contributed by atoms with Crippen LogP contribution in [0.25, 0.3) is 0 Å². The van der Waals surface area contributed by atoms with Crippen molar-refractivity contribution in [3.8, 4) is 17.2 Å². The molecule has 5 saturated heterocycles. The Bertz CT molecular complexity index is 2380. The number of morpholine rings is 1. The van der Waals surface area contributed by atoms with Gasteiger partial charge in [0.25, 0.3) is 0 Å². The number of ketones is 3. The van der Waals surface area contributed by atoms with Gasteiger partial charge in [0.05, 0.1) is 47.4 Å². The van der Waals surface area contributed by atoms with Gasteiger partial charge in [-0.3, -0.25) is 48.3 Å². The summed E-state index contributed by atoms with van der Waals surface area (Å²) in [6, 6.07) is 3.89. The van der Waals surface area contributed by atoms with Gasteiger partial charge in [0.15, 0.2) is 30.4 Å². The average Bonchev–Trinajstić information content (AvgIpc) is 3.88. The maximum Gasteiger partial charge on any atom is 0.244 e. The quantitative estimate of drug-likeness (QED) is 0.149. The molecule has 4 amide bonds. The molecular weight excluding hydrogens is 863 g/mol. The fraction of sp³-hybridized carbons (Fsp3) is 0.558. The van der Waals surface area contributed by atoms with Crippen LogP contribution in [0, 0.1) is 5.92 Å². The van der Waals surface area contributed by atoms with Crippen LogP contribution in [0.2, 0.25) is 0 Å². The van der Waals surface area contributed by atoms with Crippen molar-refractivity contribution in [3.05, 3.63) is 51.6 Å². The molecule has 0 saturated carbocycles. The van der Waals surface area contributed by atoms with Crippen molar-refractivity contribution in [2.75, 3.05) is 40.3 Å². The van der Waals surface area contributed by atoms with E-state index in [0.717, 1.165) is 9.80 Å². The largest absolute Gasteiger partial charge is 0.507 e. The molecule has 0 radical (unpaired) electrons. The molecule has 0 bridgehead atoms. The minimum Gasteiger partial charge on any atom is -0.507 e. The number of fused-ring (bicyclic) bond motifs is 6. The zero-order chi connectivity index (χ0) is 45.7. The maximum absolute atomic E-state index is 14.1. The molecule has 9 rings (SSSR count). The average molecular weight is 910 g/mol. The van der Waals surface area contributed by atoms with Crippen molar-refractivity contribution in [3.63, 3.8) is 0 Å². The number of likely N-dealkylation sites (tertiary alicyclic amines) is 2. The number of aliphatic hydroxyl groups excluding tert-OH is 1. The predicted molar refractivity (Wildman–Crippen MR) is 216 cm³/mol. The number of phenolic OH excluding ortho intramolecular Hbond substituents is 2. The number of carbonyl (C=O) groups is 7. The molecular formula is C43H47N3O17S. The van der Waals surface area contributed by atoms with Crippen LogP contribution in [0.15, 0.2) is 18.2 Å². The molecule has 3 unspecified atom stereocenters. The van der Waals surface area contributed by atoms with Crippen LogP contribution < -0.4 is 4.74 Å². The number of ether oxygens (including phenoxy) is 6. The number of nitrogens with zero attached hydrogens (tertiary/aromatic N) is 3. The van der Waals surface area contributed by atoms with Gasteiger partial charge in [-0.05, 0) is 25.7 Å². The number of Topliss-reactive ketones (excluding diaryl/α,β-unsaturated/α-hetero) is 1. The topological polar surface area (TPSA) is 266 Å². The number of aliphatic hydroxyl groups is 2. The van der Waals surface area contributed by atoms with Gasteiger partial charge in [0.1, 0.15) is 42.2 Å². The summed E-state index contributed by atoms with van der Waals surface area (Å²) in [5.41, 5.74) is -3.95. The second-order valence-corrected chi connectivity index (χ2v) is 18.2. The highest BCUT2D eigenvalue weighted by Gasteiger charge is 2.57. The minimum atomic E-state index is -2.34. The highest BCUT2D eigenvalue weighted by Crippen LogP contribution is 2.53. The smallest absolute Gasteiger partial charge is 0.244 e. The fourth-order valence-electron chi connectivity index (χ4n) is 10.5. The number of hydrogen-bond acceptors (Lipinski definition) is 19. The zero-order valence-electron chi connectivity index (χ0n) is 35.2. The summed E-state index contributed by atoms with van der Waals surface area (Å²) in [6.07, 6.45) is -5.56. The Labute approximate surface area is 369 Å². The molecule has 4 N–H and O–H groups in total. The summed E-state index contributed by atoms with van der Waals surface area (Å²) in [7, 11) is 2.75. The Hall–Kier alpha value is -4.84. The number of phenols is 2. The molecule has 7 aliphatic rings. The van der Waals surface area contributed by atoms with Crippen molar-refractivity contribution in [2.24, 2.45) is 5.92 Å². The number of carbonyl (C=O) groups excluding carboxylic acids is 7. The predicted octanol–water partition coefficient (Wildman–Crippen LogP) is 0.293. The van der Waals surface area contributed by atoms with E-state index in [4.69, 9.17) is 28.4 Å². The van der Waals surface area contributed by atoms with Crippen LogP contribution in [0.5, 0.6) is 17.2 Å². The third kappa shape index (κ3) is 6.94. The van der Waals surface area contributed by atoms with E-state index >= 15 is 0 Å². The number of methoxy groups -OCH3 is 2. The van der Waals surface area contributed by atoms with Gasteiger partial charge in [-0.1, -0.05) is 12.1 Å². The molecule has 2 aliphatic carbocycles. The molecule has 64 heavy (non-hydrogen) atoms. The normalized spacial score (nSPS) is 33.6. The van der Waals surface area contributed by atoms with Crippen LogP contribution in [0.1, 0.15) is 88.1 Å². The molecule has 5 heterocycles. The first-order valence-electron chi connectivity index (χ1n) is 20.9. The first-order chi connectivity index (χ1) is 30.5. The summed E-state index contributed by atoms with van der Waals surface area (Å²) in [6.45, 7) is 0.429. The third-order valence-corrected chi connectivity index (χ3v) is 14.5. The van der Waals surface area contributed by atoms with E-state index in [9.17, 15) is 54.0 Å². The van der Waals surface area contributed by atoms with E-state index in [0.29, 0.717) is 0 Å². The van der Waals surface area contributed by atoms with Crippen LogP contribution in [0.3, 0.4) is 0 Å². The van der Waals surface area contributed by atoms with E-state index < -0.39 is 156 Å². The van der Waals surface area contributed by atoms with Crippen molar-refractivity contribution >= 4 is 52.7 Å². The van der Waals surface area contributed by atoms with Gasteiger partial charge in [-0.15, -0.1) is 0 Å². The Kier molecular flexibility index (Phi) is 11.5. The molecule has 20 nitrogen and oxygen atoms in total. The molecule has 0 aromatic heterocycles. The molecule has 2 aromatic rings. The van der Waals surface area contributed by atoms with Crippen molar-refractivity contribution < 1.29 is 82.4 Å². The fourth-order valence-corrected chi connectivity index (χ4v) is 11.1. The Balaban J connectivity index is 0.972. The number of rotatable bonds is 11. The molecule has 5 aliphatic heterocycles. The maximum atomic E-state index is 14.1. The number of aromatic hydroxyl groups is 2. The van der Waals surface area contributed by atoms with Gasteiger partial charge in [0.2, 0.25) is 29.4 Å². The van der Waals surface area contributed by atoms with Crippen LogP contribution in [-0.2, 0) is 54.1 Å². The number of benzene rings is 2. The van der Waals surface area contributed by atoms with Crippen LogP contribution >= 0.6 is 11.8 Å². The van der Waals surface area contributed by atoms with E-state index in [1.807, 2.05) is 4.90 Å². The van der Waals surface area contributed by atoms with Crippen molar-refractivity contribution in [1.82, 2.24) is 14.7 Å². The molecule has 342 valence electrons. The number of imide groups is 2. The summed E-state index contributed by atoms with van der Waals surface area (Å²) in [5, 5.41) is 44.8. The number of hydrogen-bond donors (Lipinski definition) is 4. The molecule has 5 fully saturated rings. The first-order valence-corrected chi connectivity index (χ1v) is 22.2. The van der Waals surface area contributed by atoms with Gasteiger partial charge >= 0.3 is 0 Å². The zero-order valence-corrected chi connectivity index (χ0v) is 36.0. The third-order valence-electron chi connectivity index (χ3n) is 13.6. The molecule has 2 aromatic carbocycles. The van der Waals surface area contributed by atoms with Crippen LogP contribution in [0.4, 0.5) is 0 Å². The Morgan fingerprint density at radius 1 is 0.938 bits per heavy atom. The van der Waals surface area contributed by atoms with Gasteiger partial charge in [-0.25, -0.2) is 0 Å². The van der Waals surface area contributed by atoms with Gasteiger partial charge < -0.3 is 48.8 Å². The van der Waals surface area contributed by atoms with Crippen molar-refractivity contribution in [1.29, 1.82) is 0 Å². The SMILES string of the molecule is COc1cccc2c1C(=O)c1c(O)c3c(c(O)c1C2=O)C[C@@](O)(C(=O)CO)C[C@@H]3O[C@H]1C[C@H]2[C@H](O[C@@H]3[C@@H](OC)OC(CC4CC(=O)N(CN5C(=O)CC(SC)C5=O)C4=O)CN32)[C@H](C)O1. The second-order valence-electron chi connectivity index (χ2n) is 17.1. The second kappa shape index (κ2) is 16.5. The van der Waals surface area contributed by atoms with E-state index in [2.05, 4.69) is 0 Å². The first kappa shape index (κ1) is 44.4. The van der Waals surface area contributed by atoms with E-state index in [-0.39, 0.29) is 60.2 Å². The lowest BCUT2D eigenvalue weighted by molar-refractivity contribution is -0.273. The Morgan fingerprint density at radius 3 is 2.34 bits per heavy atom. The Morgan fingerprint density at radius 2 is 1.66 bits per heavy atom. The number of amides is 4. The number of thioether (sulfide) groups is 1. The summed E-state index contributed by atoms with van der Waals surface area (Å²) < 4.78 is 36.6. The summed E-state index contributed by atoms with van der Waals surface area (Å²) in [5.74, 6) is -6.75. The summed E-state index contributed by atoms with van der Waals surface area (Å²) in [4.78, 5) is 97.1. The standard InChI is InChI=1S/C43H47N3O17S/c1-17-38-22(44-14-19(61-42(59-3)41(44)63-38)8-18-9-27(49)45(39(18)55)16-46-28(50)11-25(64-4)40(46)56)10-29(60-17)62-24-13-43(57,26(48)15-47)12-21-31(24)37(54)33-32(35(21)52)34(51)20-6-5-7-23(58-2)30(20)36(33)53/h5-7,17-19,22,24-25,29,38,41-42,47,52,54,57H,8-16H2,1-4H3/t17-,18?,19?,22-,24-,25?,29-,38+,41+,42-,43-/m0/s1. The highest BCUT2D eigenvalue weighted by molar-refractivity contribution is 8.00. The lowest BCUT2D eigenvalue weighted by atomic mass is 9.72. The molecule has 0 spiro atoms. The lowest BCUT2D eigenvalue weighted by Gasteiger charge is -2.44. The lowest BCUT2D eigenvalue weighted by Crippen LogP contribution is -2.58. The minimum absolute atomic E-state index is 0.00717.